The van der Waals surface area contributed by atoms with Gasteiger partial charge < -0.3 is 11.1 Å². The highest BCUT2D eigenvalue weighted by Crippen LogP contribution is 2.34. The second-order valence-corrected chi connectivity index (χ2v) is 8.43. The highest BCUT2D eigenvalue weighted by atomic mass is 35.5. The third-order valence-corrected chi connectivity index (χ3v) is 6.09. The highest BCUT2D eigenvalue weighted by Gasteiger charge is 2.28. The van der Waals surface area contributed by atoms with Crippen LogP contribution in [0, 0.1) is 5.92 Å². The van der Waals surface area contributed by atoms with E-state index in [2.05, 4.69) is 10.3 Å². The molecule has 0 fully saturated rings. The maximum absolute atomic E-state index is 13.1. The quantitative estimate of drug-likeness (QED) is 0.392. The van der Waals surface area contributed by atoms with Crippen LogP contribution >= 0.6 is 22.9 Å². The summed E-state index contributed by atoms with van der Waals surface area (Å²) in [5.41, 5.74) is 9.58. The fourth-order valence-corrected chi connectivity index (χ4v) is 4.65. The van der Waals surface area contributed by atoms with Crippen LogP contribution in [0.25, 0.3) is 10.2 Å². The Morgan fingerprint density at radius 1 is 1.03 bits per heavy atom. The summed E-state index contributed by atoms with van der Waals surface area (Å²) < 4.78 is 0.941. The molecule has 4 rings (SSSR count). The van der Waals surface area contributed by atoms with E-state index in [1.165, 1.54) is 11.3 Å². The first-order valence-corrected chi connectivity index (χ1v) is 10.5. The summed E-state index contributed by atoms with van der Waals surface area (Å²) >= 11 is 7.47. The number of rotatable bonds is 5. The van der Waals surface area contributed by atoms with Crippen LogP contribution < -0.4 is 11.1 Å². The van der Waals surface area contributed by atoms with Gasteiger partial charge in [-0.2, -0.15) is 0 Å². The number of nitrogens with zero attached hydrogens (tertiary/aromatic N) is 1. The Morgan fingerprint density at radius 2 is 1.79 bits per heavy atom. The standard InChI is InChI=1S/C23H20ClN3OS/c1-14(22(28)27-23-26-19-11-10-17(24)13-20(19)29-23)21(15-6-3-2-4-7-15)16-8-5-9-18(25)12-16/h2-14,21H,25H2,1H3,(H,26,27,28). The van der Waals surface area contributed by atoms with Gasteiger partial charge >= 0.3 is 0 Å². The molecule has 2 unspecified atom stereocenters. The highest BCUT2D eigenvalue weighted by molar-refractivity contribution is 7.22. The molecule has 29 heavy (non-hydrogen) atoms. The number of aromatic nitrogens is 1. The SMILES string of the molecule is CC(C(=O)Nc1nc2ccc(Cl)cc2s1)C(c1ccccc1)c1cccc(N)c1. The Morgan fingerprint density at radius 3 is 2.55 bits per heavy atom. The molecular formula is C23H20ClN3OS. The van der Waals surface area contributed by atoms with E-state index in [0.717, 1.165) is 21.3 Å². The maximum atomic E-state index is 13.1. The lowest BCUT2D eigenvalue weighted by atomic mass is 9.81. The van der Waals surface area contributed by atoms with Crippen molar-refractivity contribution in [3.63, 3.8) is 0 Å². The van der Waals surface area contributed by atoms with Gasteiger partial charge in [0.25, 0.3) is 0 Å². The molecule has 1 aromatic heterocycles. The third-order valence-electron chi connectivity index (χ3n) is 4.92. The van der Waals surface area contributed by atoms with Crippen molar-refractivity contribution in [3.8, 4) is 0 Å². The molecule has 3 N–H and O–H groups in total. The van der Waals surface area contributed by atoms with Gasteiger partial charge in [0.2, 0.25) is 5.91 Å². The number of thiazole rings is 1. The van der Waals surface area contributed by atoms with Crippen molar-refractivity contribution in [2.45, 2.75) is 12.8 Å². The Bertz CT molecular complexity index is 1160. The van der Waals surface area contributed by atoms with Crippen LogP contribution in [0.3, 0.4) is 0 Å². The van der Waals surface area contributed by atoms with Gasteiger partial charge in [0.1, 0.15) is 0 Å². The van der Waals surface area contributed by atoms with Gasteiger partial charge in [-0.25, -0.2) is 4.98 Å². The molecule has 4 nitrogen and oxygen atoms in total. The number of carbonyl (C=O) groups excluding carboxylic acids is 1. The zero-order chi connectivity index (χ0) is 20.4. The molecule has 0 bridgehead atoms. The van der Waals surface area contributed by atoms with Crippen molar-refractivity contribution >= 4 is 49.9 Å². The number of anilines is 2. The van der Waals surface area contributed by atoms with Crippen LogP contribution in [0.5, 0.6) is 0 Å². The number of halogens is 1. The minimum absolute atomic E-state index is 0.0913. The number of benzene rings is 3. The number of nitrogen functional groups attached to an aromatic ring is 1. The molecule has 6 heteroatoms. The zero-order valence-electron chi connectivity index (χ0n) is 15.8. The van der Waals surface area contributed by atoms with Crippen LogP contribution in [0.15, 0.2) is 72.8 Å². The predicted molar refractivity (Wildman–Crippen MR) is 122 cm³/mol. The van der Waals surface area contributed by atoms with E-state index in [9.17, 15) is 4.79 Å². The lowest BCUT2D eigenvalue weighted by Crippen LogP contribution is -2.26. The van der Waals surface area contributed by atoms with Gasteiger partial charge in [-0.15, -0.1) is 0 Å². The van der Waals surface area contributed by atoms with Crippen LogP contribution in [-0.2, 0) is 4.79 Å². The van der Waals surface area contributed by atoms with E-state index >= 15 is 0 Å². The number of hydrogen-bond acceptors (Lipinski definition) is 4. The van der Waals surface area contributed by atoms with Gasteiger partial charge in [-0.3, -0.25) is 4.79 Å². The topological polar surface area (TPSA) is 68.0 Å². The predicted octanol–water partition coefficient (Wildman–Crippen LogP) is 5.94. The summed E-state index contributed by atoms with van der Waals surface area (Å²) in [5.74, 6) is -0.537. The second kappa shape index (κ2) is 8.23. The minimum Gasteiger partial charge on any atom is -0.399 e. The molecule has 4 aromatic rings. The molecule has 0 aliphatic carbocycles. The summed E-state index contributed by atoms with van der Waals surface area (Å²) in [6, 6.07) is 23.2. The van der Waals surface area contributed by atoms with Crippen molar-refractivity contribution in [1.82, 2.24) is 4.98 Å². The van der Waals surface area contributed by atoms with E-state index in [0.29, 0.717) is 15.8 Å². The molecule has 2 atom stereocenters. The molecular weight excluding hydrogens is 402 g/mol. The molecule has 0 aliphatic heterocycles. The Kier molecular flexibility index (Phi) is 5.51. The van der Waals surface area contributed by atoms with Gasteiger partial charge in [-0.1, -0.05) is 72.3 Å². The van der Waals surface area contributed by atoms with Crippen LogP contribution in [0.2, 0.25) is 5.02 Å². The van der Waals surface area contributed by atoms with Crippen molar-refractivity contribution in [3.05, 3.63) is 88.9 Å². The Labute approximate surface area is 178 Å². The molecule has 0 spiro atoms. The molecule has 146 valence electrons. The first-order chi connectivity index (χ1) is 14.0. The second-order valence-electron chi connectivity index (χ2n) is 6.97. The number of fused-ring (bicyclic) bond motifs is 1. The van der Waals surface area contributed by atoms with E-state index in [-0.39, 0.29) is 17.7 Å². The van der Waals surface area contributed by atoms with Gasteiger partial charge in [0.15, 0.2) is 5.13 Å². The van der Waals surface area contributed by atoms with E-state index in [1.54, 1.807) is 6.07 Å². The maximum Gasteiger partial charge on any atom is 0.229 e. The Balaban J connectivity index is 1.64. The number of amides is 1. The lowest BCUT2D eigenvalue weighted by Gasteiger charge is -2.24. The molecule has 3 aromatic carbocycles. The first-order valence-electron chi connectivity index (χ1n) is 9.28. The van der Waals surface area contributed by atoms with E-state index < -0.39 is 0 Å². The number of hydrogen-bond donors (Lipinski definition) is 2. The van der Waals surface area contributed by atoms with Gasteiger partial charge in [0, 0.05) is 22.5 Å². The number of nitrogens with one attached hydrogen (secondary N) is 1. The first kappa shape index (κ1) is 19.4. The fourth-order valence-electron chi connectivity index (χ4n) is 3.51. The third kappa shape index (κ3) is 4.26. The van der Waals surface area contributed by atoms with Crippen molar-refractivity contribution in [1.29, 1.82) is 0 Å². The molecule has 0 saturated heterocycles. The van der Waals surface area contributed by atoms with Crippen LogP contribution in [-0.4, -0.2) is 10.9 Å². The largest absolute Gasteiger partial charge is 0.399 e. The van der Waals surface area contributed by atoms with Crippen molar-refractivity contribution < 1.29 is 4.79 Å². The van der Waals surface area contributed by atoms with Crippen LogP contribution in [0.1, 0.15) is 24.0 Å². The molecule has 1 heterocycles. The van der Waals surface area contributed by atoms with Gasteiger partial charge in [0.05, 0.1) is 10.2 Å². The minimum atomic E-state index is -0.324. The molecule has 1 amide bonds. The van der Waals surface area contributed by atoms with Gasteiger partial charge in [-0.05, 0) is 41.5 Å². The monoisotopic (exact) mass is 421 g/mol. The average Bonchev–Trinajstić information content (AvgIpc) is 3.10. The van der Waals surface area contributed by atoms with E-state index in [4.69, 9.17) is 17.3 Å². The number of nitrogens with two attached hydrogens (primary N) is 1. The zero-order valence-corrected chi connectivity index (χ0v) is 17.4. The number of carbonyl (C=O) groups is 1. The normalized spacial score (nSPS) is 13.2. The van der Waals surface area contributed by atoms with Crippen LogP contribution in [0.4, 0.5) is 10.8 Å². The van der Waals surface area contributed by atoms with Crippen molar-refractivity contribution in [2.24, 2.45) is 5.92 Å². The summed E-state index contributed by atoms with van der Waals surface area (Å²) in [6.45, 7) is 1.93. The molecule has 0 saturated carbocycles. The summed E-state index contributed by atoms with van der Waals surface area (Å²) in [4.78, 5) is 17.6. The smallest absolute Gasteiger partial charge is 0.229 e. The molecule has 0 radical (unpaired) electrons. The molecule has 0 aliphatic rings. The van der Waals surface area contributed by atoms with Crippen molar-refractivity contribution in [2.75, 3.05) is 11.1 Å². The van der Waals surface area contributed by atoms with E-state index in [1.807, 2.05) is 73.7 Å². The average molecular weight is 422 g/mol. The Hall–Kier alpha value is -2.89. The summed E-state index contributed by atoms with van der Waals surface area (Å²) in [5, 5.41) is 4.20. The lowest BCUT2D eigenvalue weighted by molar-refractivity contribution is -0.119. The fraction of sp³-hybridized carbons (Fsp3) is 0.130. The summed E-state index contributed by atoms with van der Waals surface area (Å²) in [6.07, 6.45) is 0. The summed E-state index contributed by atoms with van der Waals surface area (Å²) in [7, 11) is 0.